The van der Waals surface area contributed by atoms with Crippen molar-refractivity contribution >= 4 is 23.2 Å². The second kappa shape index (κ2) is 6.87. The van der Waals surface area contributed by atoms with E-state index in [0.29, 0.717) is 5.92 Å². The van der Waals surface area contributed by atoms with Gasteiger partial charge in [-0.2, -0.15) is 13.2 Å². The molecule has 1 saturated heterocycles. The molecule has 22 heavy (non-hydrogen) atoms. The smallest absolute Gasteiger partial charge is 0.327 e. The van der Waals surface area contributed by atoms with Gasteiger partial charge in [-0.3, -0.25) is 4.79 Å². The van der Waals surface area contributed by atoms with Gasteiger partial charge < -0.3 is 10.2 Å². The number of carbonyl (C=O) groups is 1. The number of quaternary nitrogens is 1. The molecule has 0 bridgehead atoms. The maximum absolute atomic E-state index is 12.8. The van der Waals surface area contributed by atoms with Crippen molar-refractivity contribution < 1.29 is 22.9 Å². The number of amides is 1. The van der Waals surface area contributed by atoms with Gasteiger partial charge in [-0.15, -0.1) is 0 Å². The molecule has 122 valence electrons. The number of rotatable bonds is 3. The summed E-state index contributed by atoms with van der Waals surface area (Å²) in [5, 5.41) is 2.15. The van der Waals surface area contributed by atoms with E-state index in [4.69, 9.17) is 11.6 Å². The van der Waals surface area contributed by atoms with Gasteiger partial charge in [0.15, 0.2) is 6.54 Å². The molecule has 1 aromatic rings. The van der Waals surface area contributed by atoms with Gasteiger partial charge in [0.1, 0.15) is 0 Å². The SMILES string of the molecule is C[C@H]1CCC[NH+](CC(=O)Nc2ccc(Cl)c(C(F)(F)F)c2)C1. The van der Waals surface area contributed by atoms with Crippen molar-refractivity contribution in [3.8, 4) is 0 Å². The average molecular weight is 336 g/mol. The number of benzene rings is 1. The zero-order chi connectivity index (χ0) is 16.3. The second-order valence-corrected chi connectivity index (χ2v) is 6.28. The molecular formula is C15H19ClF3N2O+. The molecule has 1 aromatic carbocycles. The van der Waals surface area contributed by atoms with E-state index in [2.05, 4.69) is 12.2 Å². The fourth-order valence-electron chi connectivity index (χ4n) is 2.81. The highest BCUT2D eigenvalue weighted by molar-refractivity contribution is 6.31. The van der Waals surface area contributed by atoms with Crippen LogP contribution in [0.2, 0.25) is 5.02 Å². The highest BCUT2D eigenvalue weighted by Gasteiger charge is 2.33. The van der Waals surface area contributed by atoms with Crippen molar-refractivity contribution in [1.82, 2.24) is 0 Å². The standard InChI is InChI=1S/C15H18ClF3N2O/c1-10-3-2-6-21(8-10)9-14(22)20-11-4-5-13(16)12(7-11)15(17,18)19/h4-5,7,10H,2-3,6,8-9H2,1H3,(H,20,22)/p+1/t10-/m0/s1. The number of anilines is 1. The molecule has 3 nitrogen and oxygen atoms in total. The van der Waals surface area contributed by atoms with Crippen LogP contribution in [0.5, 0.6) is 0 Å². The van der Waals surface area contributed by atoms with E-state index in [1.807, 2.05) is 0 Å². The summed E-state index contributed by atoms with van der Waals surface area (Å²) >= 11 is 5.55. The minimum atomic E-state index is -4.54. The van der Waals surface area contributed by atoms with Crippen LogP contribution in [0.4, 0.5) is 18.9 Å². The summed E-state index contributed by atoms with van der Waals surface area (Å²) in [6, 6.07) is 3.40. The van der Waals surface area contributed by atoms with Crippen LogP contribution in [0.15, 0.2) is 18.2 Å². The van der Waals surface area contributed by atoms with E-state index in [0.717, 1.165) is 38.1 Å². The fourth-order valence-corrected chi connectivity index (χ4v) is 3.04. The number of piperidine rings is 1. The lowest BCUT2D eigenvalue weighted by Crippen LogP contribution is -3.14. The van der Waals surface area contributed by atoms with Crippen LogP contribution in [0.25, 0.3) is 0 Å². The maximum atomic E-state index is 12.8. The Labute approximate surface area is 132 Å². The first-order valence-electron chi connectivity index (χ1n) is 7.26. The van der Waals surface area contributed by atoms with E-state index < -0.39 is 11.7 Å². The summed E-state index contributed by atoms with van der Waals surface area (Å²) in [5.41, 5.74) is -0.822. The lowest BCUT2D eigenvalue weighted by Gasteiger charge is -2.27. The summed E-state index contributed by atoms with van der Waals surface area (Å²) in [6.45, 7) is 4.26. The Hall–Kier alpha value is -1.27. The third-order valence-corrected chi connectivity index (χ3v) is 4.16. The topological polar surface area (TPSA) is 33.5 Å². The zero-order valence-electron chi connectivity index (χ0n) is 12.3. The quantitative estimate of drug-likeness (QED) is 0.874. The molecule has 2 N–H and O–H groups in total. The van der Waals surface area contributed by atoms with Crippen molar-refractivity contribution in [3.63, 3.8) is 0 Å². The second-order valence-electron chi connectivity index (χ2n) is 5.87. The molecule has 1 fully saturated rings. The lowest BCUT2D eigenvalue weighted by atomic mass is 10.0. The van der Waals surface area contributed by atoms with Crippen LogP contribution in [0, 0.1) is 5.92 Å². The first-order chi connectivity index (χ1) is 10.3. The summed E-state index contributed by atoms with van der Waals surface area (Å²) in [4.78, 5) is 13.2. The molecule has 0 aromatic heterocycles. The first kappa shape index (κ1) is 17.1. The minimum absolute atomic E-state index is 0.117. The van der Waals surface area contributed by atoms with Gasteiger partial charge in [0, 0.05) is 11.6 Å². The van der Waals surface area contributed by atoms with Crippen LogP contribution in [0.3, 0.4) is 0 Å². The number of hydrogen-bond acceptors (Lipinski definition) is 1. The Bertz CT molecular complexity index is 548. The Balaban J connectivity index is 1.99. The third kappa shape index (κ3) is 4.61. The van der Waals surface area contributed by atoms with E-state index >= 15 is 0 Å². The van der Waals surface area contributed by atoms with Gasteiger partial charge >= 0.3 is 6.18 Å². The molecule has 1 heterocycles. The molecule has 0 aliphatic carbocycles. The largest absolute Gasteiger partial charge is 0.417 e. The van der Waals surface area contributed by atoms with Crippen LogP contribution < -0.4 is 10.2 Å². The van der Waals surface area contributed by atoms with Crippen molar-refractivity contribution in [2.75, 3.05) is 25.0 Å². The molecule has 2 atom stereocenters. The molecule has 0 radical (unpaired) electrons. The number of likely N-dealkylation sites (tertiary alicyclic amines) is 1. The van der Waals surface area contributed by atoms with E-state index in [-0.39, 0.29) is 23.2 Å². The molecule has 2 rings (SSSR count). The van der Waals surface area contributed by atoms with Gasteiger partial charge in [0.05, 0.1) is 23.7 Å². The number of halogens is 4. The Morgan fingerprint density at radius 3 is 2.82 bits per heavy atom. The fraction of sp³-hybridized carbons (Fsp3) is 0.533. The van der Waals surface area contributed by atoms with E-state index in [1.165, 1.54) is 11.0 Å². The predicted octanol–water partition coefficient (Wildman–Crippen LogP) is 2.61. The van der Waals surface area contributed by atoms with Crippen LogP contribution in [-0.2, 0) is 11.0 Å². The van der Waals surface area contributed by atoms with Crippen LogP contribution >= 0.6 is 11.6 Å². The van der Waals surface area contributed by atoms with Crippen molar-refractivity contribution in [3.05, 3.63) is 28.8 Å². The summed E-state index contributed by atoms with van der Waals surface area (Å²) in [7, 11) is 0. The number of nitrogens with one attached hydrogen (secondary N) is 2. The van der Waals surface area contributed by atoms with Gasteiger partial charge in [0.25, 0.3) is 5.91 Å². The maximum Gasteiger partial charge on any atom is 0.417 e. The molecule has 1 amide bonds. The highest BCUT2D eigenvalue weighted by Crippen LogP contribution is 2.36. The van der Waals surface area contributed by atoms with Gasteiger partial charge in [-0.25, -0.2) is 0 Å². The van der Waals surface area contributed by atoms with Gasteiger partial charge in [-0.1, -0.05) is 18.5 Å². The Kier molecular flexibility index (Phi) is 5.34. The van der Waals surface area contributed by atoms with Crippen molar-refractivity contribution in [2.45, 2.75) is 25.9 Å². The molecule has 1 unspecified atom stereocenters. The Morgan fingerprint density at radius 1 is 1.45 bits per heavy atom. The molecule has 0 saturated carbocycles. The average Bonchev–Trinajstić information content (AvgIpc) is 2.39. The number of carbonyl (C=O) groups excluding carboxylic acids is 1. The van der Waals surface area contributed by atoms with E-state index in [9.17, 15) is 18.0 Å². The molecular weight excluding hydrogens is 317 g/mol. The minimum Gasteiger partial charge on any atom is -0.327 e. The van der Waals surface area contributed by atoms with Crippen molar-refractivity contribution in [1.29, 1.82) is 0 Å². The Morgan fingerprint density at radius 2 is 2.18 bits per heavy atom. The summed E-state index contributed by atoms with van der Waals surface area (Å²) in [5.74, 6) is 0.295. The predicted molar refractivity (Wildman–Crippen MR) is 79.0 cm³/mol. The number of alkyl halides is 3. The lowest BCUT2D eigenvalue weighted by molar-refractivity contribution is -0.900. The third-order valence-electron chi connectivity index (χ3n) is 3.83. The summed E-state index contributed by atoms with van der Waals surface area (Å²) < 4.78 is 38.3. The first-order valence-corrected chi connectivity index (χ1v) is 7.63. The normalized spacial score (nSPS) is 22.4. The molecule has 0 spiro atoms. The van der Waals surface area contributed by atoms with Gasteiger partial charge in [0.2, 0.25) is 0 Å². The van der Waals surface area contributed by atoms with Crippen molar-refractivity contribution in [2.24, 2.45) is 5.92 Å². The zero-order valence-corrected chi connectivity index (χ0v) is 13.0. The van der Waals surface area contributed by atoms with E-state index in [1.54, 1.807) is 0 Å². The highest BCUT2D eigenvalue weighted by atomic mass is 35.5. The molecule has 1 aliphatic heterocycles. The number of hydrogen-bond donors (Lipinski definition) is 2. The van der Waals surface area contributed by atoms with Crippen LogP contribution in [0.1, 0.15) is 25.3 Å². The monoisotopic (exact) mass is 335 g/mol. The van der Waals surface area contributed by atoms with Gasteiger partial charge in [-0.05, 0) is 31.0 Å². The molecule has 7 heteroatoms. The summed E-state index contributed by atoms with van der Waals surface area (Å²) in [6.07, 6.45) is -2.30. The van der Waals surface area contributed by atoms with Crippen LogP contribution in [-0.4, -0.2) is 25.5 Å². The molecule has 1 aliphatic rings.